The third-order valence-corrected chi connectivity index (χ3v) is 5.24. The van der Waals surface area contributed by atoms with E-state index in [2.05, 4.69) is 0 Å². The average molecular weight is 364 g/mol. The van der Waals surface area contributed by atoms with Crippen LogP contribution in [0.3, 0.4) is 0 Å². The Morgan fingerprint density at radius 2 is 1.96 bits per heavy atom. The Bertz CT molecular complexity index is 843. The molecular formula is C22H24N2O3. The maximum absolute atomic E-state index is 13.2. The standard InChI is InChI=1S/C22H24N2O3/c1-27-20-11-7-16(8-12-20)15-24(18-9-10-18)22(26)17-4-2-5-19(14-17)23-13-3-6-21(23)25/h2,4-5,7-8,11-12,14,18H,3,6,9-10,13,15H2,1H3. The first-order valence-corrected chi connectivity index (χ1v) is 9.50. The molecule has 1 saturated heterocycles. The summed E-state index contributed by atoms with van der Waals surface area (Å²) in [5, 5.41) is 0. The molecule has 0 aromatic heterocycles. The fourth-order valence-electron chi connectivity index (χ4n) is 3.57. The van der Waals surface area contributed by atoms with Crippen LogP contribution in [0.4, 0.5) is 5.69 Å². The molecule has 27 heavy (non-hydrogen) atoms. The van der Waals surface area contributed by atoms with Gasteiger partial charge in [-0.1, -0.05) is 18.2 Å². The summed E-state index contributed by atoms with van der Waals surface area (Å²) < 4.78 is 5.21. The number of methoxy groups -OCH3 is 1. The number of nitrogens with zero attached hydrogens (tertiary/aromatic N) is 2. The second-order valence-corrected chi connectivity index (χ2v) is 7.21. The van der Waals surface area contributed by atoms with Gasteiger partial charge in [0, 0.05) is 36.8 Å². The highest BCUT2D eigenvalue weighted by atomic mass is 16.5. The van der Waals surface area contributed by atoms with Crippen molar-refractivity contribution in [2.24, 2.45) is 0 Å². The molecule has 0 spiro atoms. The summed E-state index contributed by atoms with van der Waals surface area (Å²) in [6.45, 7) is 1.31. The lowest BCUT2D eigenvalue weighted by atomic mass is 10.1. The van der Waals surface area contributed by atoms with Crippen molar-refractivity contribution < 1.29 is 14.3 Å². The van der Waals surface area contributed by atoms with Gasteiger partial charge in [0.25, 0.3) is 5.91 Å². The molecule has 2 aliphatic rings. The Kier molecular flexibility index (Phi) is 4.84. The number of rotatable bonds is 6. The predicted molar refractivity (Wildman–Crippen MR) is 104 cm³/mol. The number of amides is 2. The summed E-state index contributed by atoms with van der Waals surface area (Å²) in [4.78, 5) is 29.0. The predicted octanol–water partition coefficient (Wildman–Crippen LogP) is 3.63. The van der Waals surface area contributed by atoms with E-state index >= 15 is 0 Å². The molecule has 0 N–H and O–H groups in total. The van der Waals surface area contributed by atoms with Crippen LogP contribution in [0.25, 0.3) is 0 Å². The second kappa shape index (κ2) is 7.43. The zero-order valence-corrected chi connectivity index (χ0v) is 15.6. The largest absolute Gasteiger partial charge is 0.497 e. The number of carbonyl (C=O) groups excluding carboxylic acids is 2. The molecule has 0 atom stereocenters. The lowest BCUT2D eigenvalue weighted by Crippen LogP contribution is -2.33. The van der Waals surface area contributed by atoms with Gasteiger partial charge in [-0.15, -0.1) is 0 Å². The molecule has 2 aromatic rings. The lowest BCUT2D eigenvalue weighted by Gasteiger charge is -2.24. The van der Waals surface area contributed by atoms with E-state index in [4.69, 9.17) is 4.74 Å². The SMILES string of the molecule is COc1ccc(CN(C(=O)c2cccc(N3CCCC3=O)c2)C2CC2)cc1. The van der Waals surface area contributed by atoms with E-state index in [1.807, 2.05) is 53.4 Å². The van der Waals surface area contributed by atoms with E-state index in [0.29, 0.717) is 24.6 Å². The molecule has 0 radical (unpaired) electrons. The maximum atomic E-state index is 13.2. The number of hydrogen-bond acceptors (Lipinski definition) is 3. The van der Waals surface area contributed by atoms with Crippen LogP contribution in [0.15, 0.2) is 48.5 Å². The van der Waals surface area contributed by atoms with Gasteiger partial charge in [0.15, 0.2) is 0 Å². The molecule has 2 aromatic carbocycles. The number of anilines is 1. The monoisotopic (exact) mass is 364 g/mol. The van der Waals surface area contributed by atoms with Crippen LogP contribution in [0.2, 0.25) is 0 Å². The van der Waals surface area contributed by atoms with Gasteiger partial charge in [-0.05, 0) is 55.2 Å². The third-order valence-electron chi connectivity index (χ3n) is 5.24. The molecule has 2 amide bonds. The Morgan fingerprint density at radius 3 is 2.59 bits per heavy atom. The van der Waals surface area contributed by atoms with Crippen molar-refractivity contribution in [2.45, 2.75) is 38.3 Å². The van der Waals surface area contributed by atoms with Crippen molar-refractivity contribution in [3.63, 3.8) is 0 Å². The van der Waals surface area contributed by atoms with E-state index < -0.39 is 0 Å². The Morgan fingerprint density at radius 1 is 1.19 bits per heavy atom. The first-order valence-electron chi connectivity index (χ1n) is 9.50. The van der Waals surface area contributed by atoms with Crippen molar-refractivity contribution in [2.75, 3.05) is 18.6 Å². The number of ether oxygens (including phenoxy) is 1. The molecule has 1 saturated carbocycles. The van der Waals surface area contributed by atoms with Crippen LogP contribution >= 0.6 is 0 Å². The van der Waals surface area contributed by atoms with Crippen LogP contribution in [-0.4, -0.2) is 36.4 Å². The molecule has 4 rings (SSSR count). The minimum atomic E-state index is 0.0295. The zero-order chi connectivity index (χ0) is 18.8. The van der Waals surface area contributed by atoms with Crippen LogP contribution < -0.4 is 9.64 Å². The van der Waals surface area contributed by atoms with Crippen LogP contribution in [-0.2, 0) is 11.3 Å². The quantitative estimate of drug-likeness (QED) is 0.786. The van der Waals surface area contributed by atoms with Crippen LogP contribution in [0, 0.1) is 0 Å². The molecule has 0 unspecified atom stereocenters. The highest BCUT2D eigenvalue weighted by Gasteiger charge is 2.33. The smallest absolute Gasteiger partial charge is 0.254 e. The number of carbonyl (C=O) groups is 2. The highest BCUT2D eigenvalue weighted by molar-refractivity contribution is 5.99. The van der Waals surface area contributed by atoms with Gasteiger partial charge >= 0.3 is 0 Å². The van der Waals surface area contributed by atoms with Gasteiger partial charge in [0.05, 0.1) is 7.11 Å². The van der Waals surface area contributed by atoms with Gasteiger partial charge in [-0.3, -0.25) is 9.59 Å². The molecule has 1 heterocycles. The minimum Gasteiger partial charge on any atom is -0.497 e. The summed E-state index contributed by atoms with van der Waals surface area (Å²) in [5.41, 5.74) is 2.55. The summed E-state index contributed by atoms with van der Waals surface area (Å²) in [7, 11) is 1.65. The third kappa shape index (κ3) is 3.82. The molecule has 0 bridgehead atoms. The number of hydrogen-bond donors (Lipinski definition) is 0. The Hall–Kier alpha value is -2.82. The molecule has 2 fully saturated rings. The van der Waals surface area contributed by atoms with Crippen molar-refractivity contribution in [3.8, 4) is 5.75 Å². The summed E-state index contributed by atoms with van der Waals surface area (Å²) >= 11 is 0. The first kappa shape index (κ1) is 17.6. The number of benzene rings is 2. The molecule has 140 valence electrons. The average Bonchev–Trinajstić information content (AvgIpc) is 3.46. The first-order chi connectivity index (χ1) is 13.2. The van der Waals surface area contributed by atoms with Crippen LogP contribution in [0.5, 0.6) is 5.75 Å². The fourth-order valence-corrected chi connectivity index (χ4v) is 3.57. The van der Waals surface area contributed by atoms with Crippen molar-refractivity contribution >= 4 is 17.5 Å². The highest BCUT2D eigenvalue weighted by Crippen LogP contribution is 2.31. The molecule has 5 heteroatoms. The molecule has 5 nitrogen and oxygen atoms in total. The topological polar surface area (TPSA) is 49.9 Å². The van der Waals surface area contributed by atoms with E-state index in [1.165, 1.54) is 0 Å². The van der Waals surface area contributed by atoms with Gasteiger partial charge in [-0.25, -0.2) is 0 Å². The van der Waals surface area contributed by atoms with Crippen molar-refractivity contribution in [1.82, 2.24) is 4.90 Å². The normalized spacial score (nSPS) is 16.5. The van der Waals surface area contributed by atoms with Gasteiger partial charge in [0.1, 0.15) is 5.75 Å². The van der Waals surface area contributed by atoms with E-state index in [1.54, 1.807) is 12.0 Å². The molecular weight excluding hydrogens is 340 g/mol. The zero-order valence-electron chi connectivity index (χ0n) is 15.6. The maximum Gasteiger partial charge on any atom is 0.254 e. The van der Waals surface area contributed by atoms with Crippen molar-refractivity contribution in [3.05, 3.63) is 59.7 Å². The van der Waals surface area contributed by atoms with Gasteiger partial charge in [-0.2, -0.15) is 0 Å². The van der Waals surface area contributed by atoms with Gasteiger partial charge < -0.3 is 14.5 Å². The summed E-state index contributed by atoms with van der Waals surface area (Å²) in [6, 6.07) is 15.6. The Balaban J connectivity index is 1.54. The summed E-state index contributed by atoms with van der Waals surface area (Å²) in [6.07, 6.45) is 3.56. The lowest BCUT2D eigenvalue weighted by molar-refractivity contribution is -0.117. The van der Waals surface area contributed by atoms with E-state index in [-0.39, 0.29) is 11.8 Å². The fraction of sp³-hybridized carbons (Fsp3) is 0.364. The second-order valence-electron chi connectivity index (χ2n) is 7.21. The molecule has 1 aliphatic carbocycles. The molecule has 1 aliphatic heterocycles. The van der Waals surface area contributed by atoms with Gasteiger partial charge in [0.2, 0.25) is 5.91 Å². The van der Waals surface area contributed by atoms with E-state index in [9.17, 15) is 9.59 Å². The summed E-state index contributed by atoms with van der Waals surface area (Å²) in [5.74, 6) is 0.977. The van der Waals surface area contributed by atoms with Crippen molar-refractivity contribution in [1.29, 1.82) is 0 Å². The van der Waals surface area contributed by atoms with E-state index in [0.717, 1.165) is 42.8 Å². The Labute approximate surface area is 159 Å². The minimum absolute atomic E-state index is 0.0295. The van der Waals surface area contributed by atoms with Crippen LogP contribution in [0.1, 0.15) is 41.6 Å².